The summed E-state index contributed by atoms with van der Waals surface area (Å²) in [5.41, 5.74) is 3.08. The molecule has 0 saturated heterocycles. The number of amides is 1. The van der Waals surface area contributed by atoms with Crippen LogP contribution in [0, 0.1) is 0 Å². The fourth-order valence-corrected chi connectivity index (χ4v) is 4.48. The summed E-state index contributed by atoms with van der Waals surface area (Å²) in [5.74, 6) is 2.85. The summed E-state index contributed by atoms with van der Waals surface area (Å²) in [7, 11) is 6.46. The fourth-order valence-electron chi connectivity index (χ4n) is 3.32. The third-order valence-electron chi connectivity index (χ3n) is 5.55. The van der Waals surface area contributed by atoms with E-state index in [4.69, 9.17) is 31.2 Å². The molecule has 0 saturated carbocycles. The number of benzene rings is 4. The molecule has 208 valence electrons. The van der Waals surface area contributed by atoms with Crippen LogP contribution in [0.5, 0.6) is 23.0 Å². The van der Waals surface area contributed by atoms with Crippen LogP contribution >= 0.6 is 44.1 Å². The third-order valence-corrected chi connectivity index (χ3v) is 7.20. The normalized spacial score (nSPS) is 9.95. The van der Waals surface area contributed by atoms with Gasteiger partial charge in [-0.25, -0.2) is 0 Å². The summed E-state index contributed by atoms with van der Waals surface area (Å²) < 4.78 is 22.1. The van der Waals surface area contributed by atoms with Gasteiger partial charge in [0.25, 0.3) is 5.91 Å². The van der Waals surface area contributed by atoms with E-state index in [9.17, 15) is 4.79 Å². The Morgan fingerprint density at radius 3 is 1.35 bits per heavy atom. The van der Waals surface area contributed by atoms with Gasteiger partial charge in [0, 0.05) is 20.1 Å². The Labute approximate surface area is 256 Å². The van der Waals surface area contributed by atoms with Crippen molar-refractivity contribution in [2.45, 2.75) is 0 Å². The standard InChI is InChI=1S/C15H14BrNO3.C15H14BrNO2S/c1-19-11-5-3-10(4-6-11)15(18)17-14-8-7-12(20-2)9-13(14)16;1-18-11-5-3-10(4-6-11)15(20)17-14-8-7-12(19-2)9-13(14)16/h3-9H,1-2H3,(H,17,18);3-9H,1-2H3,(H,17,20). The van der Waals surface area contributed by atoms with E-state index in [1.54, 1.807) is 70.9 Å². The predicted octanol–water partition coefficient (Wildman–Crippen LogP) is 7.97. The minimum atomic E-state index is -0.182. The van der Waals surface area contributed by atoms with E-state index in [1.165, 1.54) is 0 Å². The zero-order valence-electron chi connectivity index (χ0n) is 22.3. The average Bonchev–Trinajstić information content (AvgIpc) is 2.99. The maximum absolute atomic E-state index is 12.1. The number of carbonyl (C=O) groups excluding carboxylic acids is 1. The summed E-state index contributed by atoms with van der Waals surface area (Å²) in [6.45, 7) is 0. The van der Waals surface area contributed by atoms with Crippen LogP contribution < -0.4 is 29.6 Å². The first-order chi connectivity index (χ1) is 19.3. The Hall–Kier alpha value is -3.60. The van der Waals surface area contributed by atoms with Gasteiger partial charge < -0.3 is 29.6 Å². The van der Waals surface area contributed by atoms with Crippen LogP contribution in [0.25, 0.3) is 0 Å². The molecule has 0 spiro atoms. The molecule has 0 radical (unpaired) electrons. The van der Waals surface area contributed by atoms with E-state index in [-0.39, 0.29) is 5.91 Å². The highest BCUT2D eigenvalue weighted by Gasteiger charge is 2.09. The molecule has 10 heteroatoms. The Kier molecular flexibility index (Phi) is 11.8. The molecule has 0 aliphatic rings. The van der Waals surface area contributed by atoms with Crippen molar-refractivity contribution in [1.82, 2.24) is 0 Å². The Morgan fingerprint density at radius 2 is 0.950 bits per heavy atom. The topological polar surface area (TPSA) is 78.1 Å². The molecule has 0 aliphatic heterocycles. The Balaban J connectivity index is 0.000000220. The lowest BCUT2D eigenvalue weighted by molar-refractivity contribution is 0.102. The molecular weight excluding hydrogens is 660 g/mol. The van der Waals surface area contributed by atoms with E-state index in [0.717, 1.165) is 37.4 Å². The largest absolute Gasteiger partial charge is 0.497 e. The van der Waals surface area contributed by atoms with Gasteiger partial charge >= 0.3 is 0 Å². The second-order valence-corrected chi connectivity index (χ2v) is 10.2. The molecular formula is C30H28Br2N2O5S. The number of nitrogens with one attached hydrogen (secondary N) is 2. The van der Waals surface area contributed by atoms with Gasteiger partial charge in [-0.05, 0) is 117 Å². The van der Waals surface area contributed by atoms with Crippen molar-refractivity contribution in [1.29, 1.82) is 0 Å². The van der Waals surface area contributed by atoms with Gasteiger partial charge in [-0.15, -0.1) is 0 Å². The van der Waals surface area contributed by atoms with Crippen LogP contribution in [0.1, 0.15) is 15.9 Å². The molecule has 2 N–H and O–H groups in total. The van der Waals surface area contributed by atoms with Crippen LogP contribution in [0.2, 0.25) is 0 Å². The van der Waals surface area contributed by atoms with Gasteiger partial charge in [0.05, 0.1) is 39.8 Å². The molecule has 7 nitrogen and oxygen atoms in total. The number of hydrogen-bond donors (Lipinski definition) is 2. The number of anilines is 2. The molecule has 0 aliphatic carbocycles. The molecule has 1 amide bonds. The van der Waals surface area contributed by atoms with Crippen LogP contribution in [0.4, 0.5) is 11.4 Å². The minimum Gasteiger partial charge on any atom is -0.497 e. The first-order valence-corrected chi connectivity index (χ1v) is 13.8. The molecule has 4 rings (SSSR count). The quantitative estimate of drug-likeness (QED) is 0.182. The molecule has 40 heavy (non-hydrogen) atoms. The van der Waals surface area contributed by atoms with Gasteiger partial charge in [0.1, 0.15) is 28.0 Å². The van der Waals surface area contributed by atoms with Crippen LogP contribution in [-0.2, 0) is 0 Å². The summed E-state index contributed by atoms with van der Waals surface area (Å²) in [6, 6.07) is 25.6. The smallest absolute Gasteiger partial charge is 0.255 e. The number of halogens is 2. The van der Waals surface area contributed by atoms with E-state index < -0.39 is 0 Å². The van der Waals surface area contributed by atoms with E-state index in [0.29, 0.717) is 22.0 Å². The number of ether oxygens (including phenoxy) is 4. The summed E-state index contributed by atoms with van der Waals surface area (Å²) >= 11 is 12.3. The van der Waals surface area contributed by atoms with Crippen molar-refractivity contribution >= 4 is 66.3 Å². The van der Waals surface area contributed by atoms with Crippen LogP contribution in [0.3, 0.4) is 0 Å². The van der Waals surface area contributed by atoms with Gasteiger partial charge in [-0.2, -0.15) is 0 Å². The SMILES string of the molecule is COc1ccc(C(=O)Nc2ccc(OC)cc2Br)cc1.COc1ccc(C(=S)Nc2ccc(OC)cc2Br)cc1. The van der Waals surface area contributed by atoms with Gasteiger partial charge in [0.2, 0.25) is 0 Å². The van der Waals surface area contributed by atoms with Crippen molar-refractivity contribution in [3.8, 4) is 23.0 Å². The molecule has 4 aromatic rings. The molecule has 0 fully saturated rings. The lowest BCUT2D eigenvalue weighted by Crippen LogP contribution is -2.12. The first-order valence-electron chi connectivity index (χ1n) is 11.9. The Bertz CT molecular complexity index is 1340. The average molecular weight is 688 g/mol. The van der Waals surface area contributed by atoms with E-state index >= 15 is 0 Å². The minimum absolute atomic E-state index is 0.182. The van der Waals surface area contributed by atoms with Gasteiger partial charge in [-0.1, -0.05) is 12.2 Å². The number of carbonyl (C=O) groups is 1. The summed E-state index contributed by atoms with van der Waals surface area (Å²) in [6.07, 6.45) is 0. The molecule has 0 aromatic heterocycles. The van der Waals surface area contributed by atoms with Crippen molar-refractivity contribution in [2.24, 2.45) is 0 Å². The van der Waals surface area contributed by atoms with Gasteiger partial charge in [0.15, 0.2) is 0 Å². The molecule has 0 unspecified atom stereocenters. The van der Waals surface area contributed by atoms with Gasteiger partial charge in [-0.3, -0.25) is 4.79 Å². The highest BCUT2D eigenvalue weighted by atomic mass is 79.9. The number of hydrogen-bond acceptors (Lipinski definition) is 6. The maximum atomic E-state index is 12.1. The lowest BCUT2D eigenvalue weighted by atomic mass is 10.2. The molecule has 0 atom stereocenters. The first kappa shape index (κ1) is 30.9. The van der Waals surface area contributed by atoms with Crippen molar-refractivity contribution < 1.29 is 23.7 Å². The lowest BCUT2D eigenvalue weighted by Gasteiger charge is -2.11. The second kappa shape index (κ2) is 15.3. The number of thiocarbonyl (C=S) groups is 1. The van der Waals surface area contributed by atoms with Crippen molar-refractivity contribution in [3.63, 3.8) is 0 Å². The maximum Gasteiger partial charge on any atom is 0.255 e. The molecule has 4 aromatic carbocycles. The molecule has 0 bridgehead atoms. The summed E-state index contributed by atoms with van der Waals surface area (Å²) in [4.78, 5) is 12.8. The zero-order valence-corrected chi connectivity index (χ0v) is 26.3. The number of methoxy groups -OCH3 is 4. The fraction of sp³-hybridized carbons (Fsp3) is 0.133. The second-order valence-electron chi connectivity index (χ2n) is 8.06. The zero-order chi connectivity index (χ0) is 29.1. The third kappa shape index (κ3) is 8.70. The van der Waals surface area contributed by atoms with E-state index in [1.807, 2.05) is 42.5 Å². The number of rotatable bonds is 8. The Morgan fingerprint density at radius 1 is 0.575 bits per heavy atom. The van der Waals surface area contributed by atoms with Crippen molar-refractivity contribution in [3.05, 3.63) is 105 Å². The molecule has 0 heterocycles. The predicted molar refractivity (Wildman–Crippen MR) is 171 cm³/mol. The highest BCUT2D eigenvalue weighted by Crippen LogP contribution is 2.29. The van der Waals surface area contributed by atoms with Crippen LogP contribution in [-0.4, -0.2) is 39.3 Å². The monoisotopic (exact) mass is 686 g/mol. The van der Waals surface area contributed by atoms with Crippen LogP contribution in [0.15, 0.2) is 93.9 Å². The highest BCUT2D eigenvalue weighted by molar-refractivity contribution is 9.11. The summed E-state index contributed by atoms with van der Waals surface area (Å²) in [5, 5.41) is 6.04. The van der Waals surface area contributed by atoms with Crippen molar-refractivity contribution in [2.75, 3.05) is 39.1 Å². The van der Waals surface area contributed by atoms with E-state index in [2.05, 4.69) is 42.5 Å².